The molecule has 1 amide bonds. The summed E-state index contributed by atoms with van der Waals surface area (Å²) in [5, 5.41) is 15.3. The minimum atomic E-state index is -4.64. The largest absolute Gasteiger partial charge is 0.478 e. The molecular weight excluding hydrogens is 457 g/mol. The number of carbonyl (C=O) groups is 2. The van der Waals surface area contributed by atoms with Crippen LogP contribution in [0.4, 0.5) is 18.9 Å². The van der Waals surface area contributed by atoms with Gasteiger partial charge in [-0.15, -0.1) is 5.10 Å². The van der Waals surface area contributed by atoms with Crippen molar-refractivity contribution in [3.63, 3.8) is 0 Å². The van der Waals surface area contributed by atoms with Crippen LogP contribution >= 0.6 is 23.4 Å². The molecule has 0 radical (unpaired) electrons. The number of anilines is 1. The van der Waals surface area contributed by atoms with Crippen molar-refractivity contribution in [1.29, 1.82) is 0 Å². The molecule has 0 aliphatic heterocycles. The molecule has 0 aliphatic carbocycles. The molecule has 0 saturated carbocycles. The van der Waals surface area contributed by atoms with Crippen LogP contribution in [0.1, 0.15) is 32.1 Å². The molecule has 0 aliphatic rings. The summed E-state index contributed by atoms with van der Waals surface area (Å²) in [6, 6.07) is 8.98. The van der Waals surface area contributed by atoms with Gasteiger partial charge in [0.25, 0.3) is 11.7 Å². The van der Waals surface area contributed by atoms with E-state index in [1.54, 1.807) is 25.1 Å². The Labute approximate surface area is 183 Å². The van der Waals surface area contributed by atoms with E-state index in [2.05, 4.69) is 15.4 Å². The van der Waals surface area contributed by atoms with E-state index < -0.39 is 23.9 Å². The summed E-state index contributed by atoms with van der Waals surface area (Å²) in [5.74, 6) is -3.22. The van der Waals surface area contributed by atoms with Gasteiger partial charge in [-0.1, -0.05) is 29.4 Å². The average Bonchev–Trinajstić information content (AvgIpc) is 3.04. The maximum atomic E-state index is 12.8. The fourth-order valence-electron chi connectivity index (χ4n) is 2.64. The van der Waals surface area contributed by atoms with Crippen LogP contribution in [-0.2, 0) is 13.2 Å². The predicted molar refractivity (Wildman–Crippen MR) is 108 cm³/mol. The van der Waals surface area contributed by atoms with E-state index in [-0.39, 0.29) is 21.3 Å². The number of hydrogen-bond donors (Lipinski definition) is 2. The summed E-state index contributed by atoms with van der Waals surface area (Å²) in [5.41, 5.74) is 0.598. The summed E-state index contributed by atoms with van der Waals surface area (Å²) in [6.45, 7) is 1.69. The Morgan fingerprint density at radius 2 is 1.94 bits per heavy atom. The van der Waals surface area contributed by atoms with Gasteiger partial charge >= 0.3 is 12.1 Å². The Morgan fingerprint density at radius 3 is 2.52 bits per heavy atom. The summed E-state index contributed by atoms with van der Waals surface area (Å²) in [4.78, 5) is 28.1. The predicted octanol–water partition coefficient (Wildman–Crippen LogP) is 4.90. The highest BCUT2D eigenvalue weighted by molar-refractivity contribution is 7.99. The number of aryl methyl sites for hydroxylation is 2. The van der Waals surface area contributed by atoms with Gasteiger partial charge in [-0.25, -0.2) is 9.48 Å². The minimum absolute atomic E-state index is 0.0496. The third-order valence-corrected chi connectivity index (χ3v) is 5.45. The number of alkyl halides is 3. The number of rotatable bonds is 5. The molecule has 1 heterocycles. The van der Waals surface area contributed by atoms with E-state index in [4.69, 9.17) is 11.6 Å². The Morgan fingerprint density at radius 1 is 1.23 bits per heavy atom. The Kier molecular flexibility index (Phi) is 6.27. The second kappa shape index (κ2) is 8.60. The minimum Gasteiger partial charge on any atom is -0.478 e. The number of aromatic carboxylic acids is 1. The van der Waals surface area contributed by atoms with Gasteiger partial charge < -0.3 is 10.4 Å². The van der Waals surface area contributed by atoms with Gasteiger partial charge in [0.2, 0.25) is 0 Å². The summed E-state index contributed by atoms with van der Waals surface area (Å²) in [7, 11) is 1.36. The van der Waals surface area contributed by atoms with Crippen LogP contribution in [0.15, 0.2) is 46.5 Å². The standard InChI is InChI=1S/C19H14ClF3N4O3S/c1-9-8-10(31-18-25-17(19(21,22)23)26-27(18)2)6-7-13(9)24-15(28)11-4-3-5-12(20)14(11)16(29)30/h3-8H,1-2H3,(H,24,28)(H,29,30). The molecule has 7 nitrogen and oxygen atoms in total. The summed E-state index contributed by atoms with van der Waals surface area (Å²) >= 11 is 6.88. The number of aromatic nitrogens is 3. The number of halogens is 4. The highest BCUT2D eigenvalue weighted by atomic mass is 35.5. The zero-order valence-electron chi connectivity index (χ0n) is 16.0. The molecule has 2 aromatic carbocycles. The monoisotopic (exact) mass is 470 g/mol. The molecule has 0 bridgehead atoms. The van der Waals surface area contributed by atoms with Gasteiger partial charge in [0, 0.05) is 17.6 Å². The molecule has 12 heteroatoms. The van der Waals surface area contributed by atoms with Crippen LogP contribution in [0.2, 0.25) is 5.02 Å². The summed E-state index contributed by atoms with van der Waals surface area (Å²) in [6.07, 6.45) is -4.64. The highest BCUT2D eigenvalue weighted by Crippen LogP contribution is 2.33. The van der Waals surface area contributed by atoms with Crippen LogP contribution in [0.3, 0.4) is 0 Å². The van der Waals surface area contributed by atoms with Crippen molar-refractivity contribution in [2.75, 3.05) is 5.32 Å². The van der Waals surface area contributed by atoms with E-state index in [0.717, 1.165) is 16.4 Å². The fraction of sp³-hybridized carbons (Fsp3) is 0.158. The molecule has 31 heavy (non-hydrogen) atoms. The van der Waals surface area contributed by atoms with Crippen LogP contribution in [0.5, 0.6) is 0 Å². The van der Waals surface area contributed by atoms with Crippen LogP contribution < -0.4 is 5.32 Å². The number of carbonyl (C=O) groups excluding carboxylic acids is 1. The Bertz CT molecular complexity index is 1180. The molecule has 0 fully saturated rings. The first-order valence-corrected chi connectivity index (χ1v) is 9.76. The zero-order valence-corrected chi connectivity index (χ0v) is 17.6. The lowest BCUT2D eigenvalue weighted by atomic mass is 10.1. The molecule has 162 valence electrons. The van der Waals surface area contributed by atoms with Gasteiger partial charge in [-0.3, -0.25) is 4.79 Å². The fourth-order valence-corrected chi connectivity index (χ4v) is 3.79. The quantitative estimate of drug-likeness (QED) is 0.550. The third-order valence-electron chi connectivity index (χ3n) is 4.10. The average molecular weight is 471 g/mol. The van der Waals surface area contributed by atoms with Crippen LogP contribution in [0.25, 0.3) is 0 Å². The normalized spacial score (nSPS) is 11.4. The lowest BCUT2D eigenvalue weighted by molar-refractivity contribution is -0.145. The van der Waals surface area contributed by atoms with Crippen molar-refractivity contribution >= 4 is 40.9 Å². The van der Waals surface area contributed by atoms with Crippen molar-refractivity contribution < 1.29 is 27.9 Å². The third kappa shape index (κ3) is 5.00. The molecule has 0 atom stereocenters. The Balaban J connectivity index is 1.81. The Hall–Kier alpha value is -3.05. The first-order chi connectivity index (χ1) is 14.5. The van der Waals surface area contributed by atoms with Crippen molar-refractivity contribution in [2.24, 2.45) is 7.05 Å². The highest BCUT2D eigenvalue weighted by Gasteiger charge is 2.36. The van der Waals surface area contributed by atoms with E-state index in [9.17, 15) is 27.9 Å². The molecule has 0 unspecified atom stereocenters. The number of benzene rings is 2. The van der Waals surface area contributed by atoms with Gasteiger partial charge in [-0.2, -0.15) is 18.2 Å². The van der Waals surface area contributed by atoms with Crippen molar-refractivity contribution in [2.45, 2.75) is 23.2 Å². The van der Waals surface area contributed by atoms with Crippen molar-refractivity contribution in [1.82, 2.24) is 14.8 Å². The SMILES string of the molecule is Cc1cc(Sc2nc(C(F)(F)F)nn2C)ccc1NC(=O)c1cccc(Cl)c1C(=O)O. The van der Waals surface area contributed by atoms with E-state index >= 15 is 0 Å². The smallest absolute Gasteiger partial charge is 0.453 e. The number of hydrogen-bond acceptors (Lipinski definition) is 5. The maximum Gasteiger partial charge on any atom is 0.453 e. The molecular formula is C19H14ClF3N4O3S. The molecule has 1 aromatic heterocycles. The van der Waals surface area contributed by atoms with Gasteiger partial charge in [-0.05, 0) is 42.8 Å². The molecule has 3 aromatic rings. The number of carboxylic acid groups (broad SMARTS) is 1. The van der Waals surface area contributed by atoms with E-state index in [1.807, 2.05) is 0 Å². The van der Waals surface area contributed by atoms with Gasteiger partial charge in [0.05, 0.1) is 16.1 Å². The summed E-state index contributed by atoms with van der Waals surface area (Å²) < 4.78 is 39.3. The van der Waals surface area contributed by atoms with Crippen molar-refractivity contribution in [3.8, 4) is 0 Å². The van der Waals surface area contributed by atoms with E-state index in [1.165, 1.54) is 25.2 Å². The number of carboxylic acids is 1. The molecule has 0 saturated heterocycles. The lowest BCUT2D eigenvalue weighted by Crippen LogP contribution is -2.17. The second-order valence-corrected chi connectivity index (χ2v) is 7.79. The number of amides is 1. The van der Waals surface area contributed by atoms with Crippen LogP contribution in [-0.4, -0.2) is 31.7 Å². The number of nitrogens with zero attached hydrogens (tertiary/aromatic N) is 3. The van der Waals surface area contributed by atoms with Crippen LogP contribution in [0, 0.1) is 6.92 Å². The van der Waals surface area contributed by atoms with E-state index in [0.29, 0.717) is 16.1 Å². The van der Waals surface area contributed by atoms with Gasteiger partial charge in [0.15, 0.2) is 5.16 Å². The molecule has 0 spiro atoms. The maximum absolute atomic E-state index is 12.8. The first kappa shape index (κ1) is 22.6. The van der Waals surface area contributed by atoms with Crippen molar-refractivity contribution in [3.05, 3.63) is 63.9 Å². The molecule has 3 rings (SSSR count). The lowest BCUT2D eigenvalue weighted by Gasteiger charge is -2.12. The topological polar surface area (TPSA) is 97.1 Å². The second-order valence-electron chi connectivity index (χ2n) is 6.34. The molecule has 2 N–H and O–H groups in total. The number of nitrogens with one attached hydrogen (secondary N) is 1. The zero-order chi connectivity index (χ0) is 22.9. The first-order valence-electron chi connectivity index (χ1n) is 8.57. The van der Waals surface area contributed by atoms with Gasteiger partial charge in [0.1, 0.15) is 0 Å².